The van der Waals surface area contributed by atoms with Crippen molar-refractivity contribution >= 4 is 23.7 Å². The molecule has 0 aromatic rings. The van der Waals surface area contributed by atoms with E-state index in [1.54, 1.807) is 6.21 Å². The van der Waals surface area contributed by atoms with Gasteiger partial charge in [0.05, 0.1) is 41.8 Å². The van der Waals surface area contributed by atoms with E-state index < -0.39 is 18.1 Å². The summed E-state index contributed by atoms with van der Waals surface area (Å²) in [6, 6.07) is -0.524. The quantitative estimate of drug-likeness (QED) is 0.252. The summed E-state index contributed by atoms with van der Waals surface area (Å²) in [5, 5.41) is 6.26. The van der Waals surface area contributed by atoms with Gasteiger partial charge in [-0.3, -0.25) is 9.79 Å². The molecule has 0 aliphatic carbocycles. The Hall–Kier alpha value is -1.03. The highest BCUT2D eigenvalue weighted by Gasteiger charge is 2.44. The van der Waals surface area contributed by atoms with Gasteiger partial charge in [-0.05, 0) is 32.9 Å². The lowest BCUT2D eigenvalue weighted by atomic mass is 9.72. The number of nitrogens with zero attached hydrogens (tertiary/aromatic N) is 2. The maximum Gasteiger partial charge on any atom is 0.228 e. The van der Waals surface area contributed by atoms with Crippen LogP contribution in [0.1, 0.15) is 33.1 Å². The number of nitrogens with two attached hydrogens (primary N) is 2. The minimum Gasteiger partial charge on any atom is -0.371 e. The number of rotatable bonds is 7. The van der Waals surface area contributed by atoms with Crippen LogP contribution in [0.2, 0.25) is 0 Å². The Labute approximate surface area is 191 Å². The molecule has 2 saturated heterocycles. The summed E-state index contributed by atoms with van der Waals surface area (Å²) in [5.74, 6) is -0.850. The molecule has 3 rings (SSSR count). The number of carbonyl (C=O) groups is 1. The molecule has 8 nitrogen and oxygen atoms in total. The predicted octanol–water partition coefficient (Wildman–Crippen LogP) is 0.446. The number of hydrogen-bond donors (Lipinski definition) is 4. The van der Waals surface area contributed by atoms with Crippen molar-refractivity contribution in [1.82, 2.24) is 15.5 Å². The zero-order valence-corrected chi connectivity index (χ0v) is 19.7. The van der Waals surface area contributed by atoms with Gasteiger partial charge in [0.15, 0.2) is 0 Å². The summed E-state index contributed by atoms with van der Waals surface area (Å²) in [7, 11) is 2.11. The molecule has 0 aromatic carbocycles. The third-order valence-electron chi connectivity index (χ3n) is 7.01. The molecule has 0 spiro atoms. The molecule has 176 valence electrons. The average molecular weight is 455 g/mol. The number of halogens is 1. The largest absolute Gasteiger partial charge is 0.371 e. The van der Waals surface area contributed by atoms with E-state index in [2.05, 4.69) is 47.5 Å². The van der Waals surface area contributed by atoms with Gasteiger partial charge in [-0.2, -0.15) is 0 Å². The first kappa shape index (κ1) is 24.6. The fourth-order valence-electron chi connectivity index (χ4n) is 4.84. The molecule has 3 aliphatic rings. The van der Waals surface area contributed by atoms with Crippen LogP contribution in [0, 0.1) is 11.3 Å². The molecular weight excluding hydrogens is 416 g/mol. The van der Waals surface area contributed by atoms with Crippen molar-refractivity contribution in [3.8, 4) is 0 Å². The number of allylic oxidation sites excluding steroid dienone is 1. The van der Waals surface area contributed by atoms with Crippen molar-refractivity contribution < 1.29 is 9.53 Å². The second-order valence-electron chi connectivity index (χ2n) is 9.46. The Morgan fingerprint density at radius 3 is 2.87 bits per heavy atom. The van der Waals surface area contributed by atoms with Crippen LogP contribution in [-0.2, 0) is 9.53 Å². The van der Waals surface area contributed by atoms with Gasteiger partial charge in [0.2, 0.25) is 5.91 Å². The molecule has 31 heavy (non-hydrogen) atoms. The first-order chi connectivity index (χ1) is 14.7. The van der Waals surface area contributed by atoms with Gasteiger partial charge in [0.1, 0.15) is 0 Å². The monoisotopic (exact) mass is 454 g/mol. The van der Waals surface area contributed by atoms with E-state index in [0.29, 0.717) is 6.54 Å². The molecule has 0 radical (unpaired) electrons. The topological polar surface area (TPSA) is 118 Å². The lowest BCUT2D eigenvalue weighted by molar-refractivity contribution is -0.130. The molecule has 3 heterocycles. The van der Waals surface area contributed by atoms with Crippen molar-refractivity contribution in [1.29, 1.82) is 0 Å². The number of alkyl halides is 1. The summed E-state index contributed by atoms with van der Waals surface area (Å²) in [6.07, 6.45) is 7.65. The maximum absolute atomic E-state index is 13.5. The molecule has 3 aliphatic heterocycles. The molecule has 2 fully saturated rings. The van der Waals surface area contributed by atoms with Crippen molar-refractivity contribution in [3.63, 3.8) is 0 Å². The van der Waals surface area contributed by atoms with Crippen LogP contribution in [0.15, 0.2) is 17.1 Å². The van der Waals surface area contributed by atoms with Crippen molar-refractivity contribution in [2.75, 3.05) is 33.2 Å². The molecule has 9 heteroatoms. The van der Waals surface area contributed by atoms with Crippen molar-refractivity contribution in [3.05, 3.63) is 12.2 Å². The maximum atomic E-state index is 13.5. The van der Waals surface area contributed by atoms with Crippen LogP contribution in [0.5, 0.6) is 0 Å². The van der Waals surface area contributed by atoms with E-state index in [1.165, 1.54) is 0 Å². The van der Waals surface area contributed by atoms with E-state index in [-0.39, 0.29) is 34.9 Å². The van der Waals surface area contributed by atoms with Crippen LogP contribution in [0.3, 0.4) is 0 Å². The van der Waals surface area contributed by atoms with E-state index in [1.807, 2.05) is 6.08 Å². The number of carbonyl (C=O) groups excluding carboxylic acids is 1. The zero-order chi connectivity index (χ0) is 22.6. The first-order valence-electron chi connectivity index (χ1n) is 11.5. The first-order valence-corrected chi connectivity index (χ1v) is 11.9. The fourth-order valence-corrected chi connectivity index (χ4v) is 4.97. The minimum atomic E-state index is -0.840. The van der Waals surface area contributed by atoms with Crippen molar-refractivity contribution in [2.45, 2.75) is 68.9 Å². The lowest BCUT2D eigenvalue weighted by Gasteiger charge is -2.39. The molecule has 5 unspecified atom stereocenters. The van der Waals surface area contributed by atoms with Gasteiger partial charge in [-0.1, -0.05) is 26.0 Å². The summed E-state index contributed by atoms with van der Waals surface area (Å²) in [5.41, 5.74) is 11.9. The number of nitrogens with one attached hydrogen (secondary N) is 2. The number of amides is 1. The van der Waals surface area contributed by atoms with E-state index in [0.717, 1.165) is 38.9 Å². The molecule has 7 atom stereocenters. The average Bonchev–Trinajstić information content (AvgIpc) is 3.08. The van der Waals surface area contributed by atoms with E-state index in [9.17, 15) is 4.79 Å². The summed E-state index contributed by atoms with van der Waals surface area (Å²) >= 11 is 6.27. The molecule has 0 bridgehead atoms. The number of aliphatic imine (C=N–C) groups is 1. The van der Waals surface area contributed by atoms with Gasteiger partial charge in [-0.15, -0.1) is 11.6 Å². The fraction of sp³-hybridized carbons (Fsp3) is 0.818. The molecule has 0 saturated carbocycles. The number of hydrogen-bond acceptors (Lipinski definition) is 7. The Morgan fingerprint density at radius 1 is 1.45 bits per heavy atom. The third kappa shape index (κ3) is 6.06. The highest BCUT2D eigenvalue weighted by molar-refractivity contribution is 6.29. The SMILES string of the molecule is CC[C@]1(C)C=CC(Cl)C=NC1C(C(=O)NC1CNCCC1O[C@H]1CCN(C)C1)C(N)N. The minimum absolute atomic E-state index is 0.0290. The molecular formula is C22H39ClN6O2. The lowest BCUT2D eigenvalue weighted by Crippen LogP contribution is -2.61. The van der Waals surface area contributed by atoms with Crippen LogP contribution < -0.4 is 22.1 Å². The summed E-state index contributed by atoms with van der Waals surface area (Å²) in [6.45, 7) is 7.66. The van der Waals surface area contributed by atoms with Gasteiger partial charge in [0, 0.05) is 31.3 Å². The Kier molecular flexibility index (Phi) is 8.51. The van der Waals surface area contributed by atoms with Gasteiger partial charge < -0.3 is 31.7 Å². The van der Waals surface area contributed by atoms with Crippen LogP contribution in [0.25, 0.3) is 0 Å². The second kappa shape index (κ2) is 10.7. The highest BCUT2D eigenvalue weighted by atomic mass is 35.5. The number of likely N-dealkylation sites (N-methyl/N-ethyl adjacent to an activating group) is 1. The van der Waals surface area contributed by atoms with Gasteiger partial charge in [0.25, 0.3) is 0 Å². The van der Waals surface area contributed by atoms with E-state index >= 15 is 0 Å². The van der Waals surface area contributed by atoms with Crippen LogP contribution >= 0.6 is 11.6 Å². The molecule has 1 amide bonds. The van der Waals surface area contributed by atoms with Crippen LogP contribution in [0.4, 0.5) is 0 Å². The summed E-state index contributed by atoms with van der Waals surface area (Å²) < 4.78 is 6.40. The normalized spacial score (nSPS) is 37.7. The van der Waals surface area contributed by atoms with E-state index in [4.69, 9.17) is 27.8 Å². The number of piperidine rings is 1. The predicted molar refractivity (Wildman–Crippen MR) is 125 cm³/mol. The zero-order valence-electron chi connectivity index (χ0n) is 19.0. The molecule has 6 N–H and O–H groups in total. The van der Waals surface area contributed by atoms with Crippen molar-refractivity contribution in [2.24, 2.45) is 27.8 Å². The Balaban J connectivity index is 1.74. The standard InChI is InChI=1S/C22H39ClN6O2/c1-4-22(2)8-5-14(23)11-27-19(22)18(20(24)25)21(30)28-16-12-26-9-6-17(16)31-15-7-10-29(3)13-15/h5,8,11,14-20,26H,4,6-7,9-10,12-13,24-25H2,1-3H3,(H,28,30)/t14?,15-,16?,17?,18?,19?,22+/m0/s1. The van der Waals surface area contributed by atoms with Gasteiger partial charge in [-0.25, -0.2) is 0 Å². The summed E-state index contributed by atoms with van der Waals surface area (Å²) in [4.78, 5) is 20.4. The molecule has 0 aromatic heterocycles. The number of ether oxygens (including phenoxy) is 1. The van der Waals surface area contributed by atoms with Gasteiger partial charge >= 0.3 is 0 Å². The highest BCUT2D eigenvalue weighted by Crippen LogP contribution is 2.37. The Bertz CT molecular complexity index is 674. The second-order valence-corrected chi connectivity index (χ2v) is 9.97. The van der Waals surface area contributed by atoms with Crippen LogP contribution in [-0.4, -0.2) is 86.1 Å². The Morgan fingerprint density at radius 2 is 2.23 bits per heavy atom. The smallest absolute Gasteiger partial charge is 0.228 e. The number of likely N-dealkylation sites (tertiary alicyclic amines) is 1. The third-order valence-corrected chi connectivity index (χ3v) is 7.26.